The zero-order chi connectivity index (χ0) is 16.2. The van der Waals surface area contributed by atoms with Gasteiger partial charge in [-0.05, 0) is 24.8 Å². The van der Waals surface area contributed by atoms with E-state index >= 15 is 0 Å². The number of hydrogen-bond acceptors (Lipinski definition) is 5. The number of ketones is 1. The van der Waals surface area contributed by atoms with Gasteiger partial charge in [0.1, 0.15) is 0 Å². The molecule has 1 aliphatic carbocycles. The normalized spacial score (nSPS) is 20.8. The fraction of sp³-hybridized carbons (Fsp3) is 0.471. The number of Topliss-reactive ketones (excluding diaryl/α,β-unsaturated/α-hetero) is 1. The lowest BCUT2D eigenvalue weighted by atomic mass is 9.68. The van der Waals surface area contributed by atoms with Gasteiger partial charge in [0.25, 0.3) is 0 Å². The fourth-order valence-corrected chi connectivity index (χ4v) is 2.90. The molecule has 1 heterocycles. The van der Waals surface area contributed by atoms with Crippen LogP contribution in [0, 0.1) is 0 Å². The summed E-state index contributed by atoms with van der Waals surface area (Å²) in [6.45, 7) is 2.00. The molecule has 0 bridgehead atoms. The summed E-state index contributed by atoms with van der Waals surface area (Å²) in [5.74, 6) is -0.151. The first kappa shape index (κ1) is 16.2. The molecule has 0 spiro atoms. The molecular weight excluding hydrogens is 282 g/mol. The van der Waals surface area contributed by atoms with Crippen molar-refractivity contribution < 1.29 is 19.1 Å². The van der Waals surface area contributed by atoms with Crippen molar-refractivity contribution in [3.63, 3.8) is 0 Å². The molecule has 0 radical (unpaired) electrons. The minimum absolute atomic E-state index is 0.112. The molecule has 0 amide bonds. The Morgan fingerprint density at radius 3 is 2.73 bits per heavy atom. The van der Waals surface area contributed by atoms with Gasteiger partial charge < -0.3 is 9.47 Å². The molecule has 0 fully saturated rings. The molecule has 0 saturated carbocycles. The molecule has 5 nitrogen and oxygen atoms in total. The van der Waals surface area contributed by atoms with Crippen LogP contribution in [0.2, 0.25) is 0 Å². The predicted molar refractivity (Wildman–Crippen MR) is 81.9 cm³/mol. The van der Waals surface area contributed by atoms with E-state index in [1.165, 1.54) is 7.11 Å². The van der Waals surface area contributed by atoms with Crippen LogP contribution in [-0.4, -0.2) is 31.0 Å². The van der Waals surface area contributed by atoms with E-state index in [1.54, 1.807) is 19.2 Å². The van der Waals surface area contributed by atoms with Crippen LogP contribution in [-0.2, 0) is 26.2 Å². The number of aromatic nitrogens is 1. The maximum atomic E-state index is 12.6. The minimum Gasteiger partial charge on any atom is -0.481 e. The van der Waals surface area contributed by atoms with Gasteiger partial charge in [0, 0.05) is 18.2 Å². The maximum Gasteiger partial charge on any atom is 0.324 e. The summed E-state index contributed by atoms with van der Waals surface area (Å²) in [7, 11) is 2.85. The molecule has 0 aromatic carbocycles. The second-order valence-corrected chi connectivity index (χ2v) is 5.25. The van der Waals surface area contributed by atoms with E-state index in [9.17, 15) is 9.59 Å². The van der Waals surface area contributed by atoms with Gasteiger partial charge in [0.05, 0.1) is 14.2 Å². The third kappa shape index (κ3) is 2.63. The first-order valence-electron chi connectivity index (χ1n) is 7.41. The Balaban J connectivity index is 2.58. The number of ether oxygens (including phenoxy) is 2. The van der Waals surface area contributed by atoms with Gasteiger partial charge in [0.2, 0.25) is 5.88 Å². The highest BCUT2D eigenvalue weighted by molar-refractivity contribution is 6.11. The average molecular weight is 303 g/mol. The lowest BCUT2D eigenvalue weighted by Gasteiger charge is -2.34. The van der Waals surface area contributed by atoms with Crippen LogP contribution in [0.3, 0.4) is 0 Å². The molecule has 2 rings (SSSR count). The second-order valence-electron chi connectivity index (χ2n) is 5.25. The highest BCUT2D eigenvalue weighted by Crippen LogP contribution is 2.39. The number of hydrogen-bond donors (Lipinski definition) is 0. The number of pyridine rings is 1. The van der Waals surface area contributed by atoms with Crippen LogP contribution in [0.4, 0.5) is 0 Å². The molecule has 1 aromatic heterocycles. The topological polar surface area (TPSA) is 65.5 Å². The zero-order valence-electron chi connectivity index (χ0n) is 13.2. The van der Waals surface area contributed by atoms with Gasteiger partial charge in [-0.1, -0.05) is 25.1 Å². The Bertz CT molecular complexity index is 609. The number of methoxy groups -OCH3 is 2. The van der Waals surface area contributed by atoms with Crippen molar-refractivity contribution in [2.45, 2.75) is 38.0 Å². The van der Waals surface area contributed by atoms with Crippen molar-refractivity contribution >= 4 is 11.8 Å². The van der Waals surface area contributed by atoms with Crippen LogP contribution in [0.5, 0.6) is 5.88 Å². The molecule has 118 valence electrons. The lowest BCUT2D eigenvalue weighted by Crippen LogP contribution is -2.47. The number of nitrogens with zero attached hydrogens (tertiary/aromatic N) is 1. The number of esters is 1. The average Bonchev–Trinajstić information content (AvgIpc) is 2.55. The number of rotatable bonds is 5. The number of aryl methyl sites for hydroxylation is 1. The summed E-state index contributed by atoms with van der Waals surface area (Å²) in [6.07, 6.45) is 5.76. The molecule has 0 saturated heterocycles. The third-order valence-corrected chi connectivity index (χ3v) is 4.04. The van der Waals surface area contributed by atoms with Crippen LogP contribution in [0.1, 0.15) is 37.4 Å². The van der Waals surface area contributed by atoms with E-state index in [0.717, 1.165) is 12.1 Å². The van der Waals surface area contributed by atoms with E-state index in [1.807, 2.05) is 19.1 Å². The molecule has 22 heavy (non-hydrogen) atoms. The van der Waals surface area contributed by atoms with Crippen LogP contribution in [0.15, 0.2) is 24.3 Å². The van der Waals surface area contributed by atoms with E-state index in [-0.39, 0.29) is 12.2 Å². The van der Waals surface area contributed by atoms with E-state index in [0.29, 0.717) is 24.3 Å². The summed E-state index contributed by atoms with van der Waals surface area (Å²) in [4.78, 5) is 29.5. The maximum absolute atomic E-state index is 12.6. The van der Waals surface area contributed by atoms with Gasteiger partial charge in [-0.3, -0.25) is 9.59 Å². The number of carbonyl (C=O) groups is 2. The van der Waals surface area contributed by atoms with E-state index in [4.69, 9.17) is 9.47 Å². The smallest absolute Gasteiger partial charge is 0.324 e. The van der Waals surface area contributed by atoms with Gasteiger partial charge in [-0.15, -0.1) is 0 Å². The van der Waals surface area contributed by atoms with Crippen molar-refractivity contribution in [1.29, 1.82) is 0 Å². The Kier molecular flexibility index (Phi) is 4.96. The van der Waals surface area contributed by atoms with Gasteiger partial charge in [-0.25, -0.2) is 4.98 Å². The quantitative estimate of drug-likeness (QED) is 0.474. The van der Waals surface area contributed by atoms with Crippen molar-refractivity contribution in [2.24, 2.45) is 0 Å². The molecule has 1 atom stereocenters. The van der Waals surface area contributed by atoms with Crippen molar-refractivity contribution in [1.82, 2.24) is 4.98 Å². The molecular formula is C17H21NO4. The second kappa shape index (κ2) is 6.73. The molecule has 0 N–H and O–H groups in total. The molecule has 1 aliphatic rings. The minimum atomic E-state index is -1.28. The fourth-order valence-electron chi connectivity index (χ4n) is 2.90. The molecule has 0 aliphatic heterocycles. The van der Waals surface area contributed by atoms with Crippen molar-refractivity contribution in [2.75, 3.05) is 14.2 Å². The predicted octanol–water partition coefficient (Wildman–Crippen LogP) is 2.37. The Morgan fingerprint density at radius 1 is 1.32 bits per heavy atom. The van der Waals surface area contributed by atoms with Crippen LogP contribution < -0.4 is 4.74 Å². The Labute approximate surface area is 130 Å². The van der Waals surface area contributed by atoms with Crippen molar-refractivity contribution in [3.8, 4) is 5.88 Å². The molecule has 1 unspecified atom stereocenters. The van der Waals surface area contributed by atoms with E-state index in [2.05, 4.69) is 4.98 Å². The monoisotopic (exact) mass is 303 g/mol. The van der Waals surface area contributed by atoms with Gasteiger partial charge in [0.15, 0.2) is 11.2 Å². The number of fused-ring (bicyclic) bond motifs is 1. The third-order valence-electron chi connectivity index (χ3n) is 4.04. The Morgan fingerprint density at radius 2 is 2.09 bits per heavy atom. The summed E-state index contributed by atoms with van der Waals surface area (Å²) in [6, 6.07) is 3.44. The summed E-state index contributed by atoms with van der Waals surface area (Å²) in [5, 5.41) is 0. The standard InChI is InChI=1S/C17H21NO4/c1-4-5-6-11-17(16(20)22-3)12-7-10-15(21-2)18-13(12)8-9-14(17)19/h5-7,10H,4,8-9,11H2,1-3H3/b6-5+. The summed E-state index contributed by atoms with van der Waals surface area (Å²) in [5.41, 5.74) is 0.0826. The van der Waals surface area contributed by atoms with Crippen LogP contribution in [0.25, 0.3) is 0 Å². The summed E-state index contributed by atoms with van der Waals surface area (Å²) >= 11 is 0. The first-order chi connectivity index (χ1) is 10.6. The first-order valence-corrected chi connectivity index (χ1v) is 7.41. The highest BCUT2D eigenvalue weighted by atomic mass is 16.5. The Hall–Kier alpha value is -2.17. The molecule has 1 aromatic rings. The lowest BCUT2D eigenvalue weighted by molar-refractivity contribution is -0.152. The number of carbonyl (C=O) groups excluding carboxylic acids is 2. The number of allylic oxidation sites excluding steroid dienone is 2. The van der Waals surface area contributed by atoms with Gasteiger partial charge >= 0.3 is 5.97 Å². The largest absolute Gasteiger partial charge is 0.481 e. The van der Waals surface area contributed by atoms with E-state index < -0.39 is 11.4 Å². The van der Waals surface area contributed by atoms with Crippen molar-refractivity contribution in [3.05, 3.63) is 35.5 Å². The molecule has 5 heteroatoms. The van der Waals surface area contributed by atoms with Gasteiger partial charge in [-0.2, -0.15) is 0 Å². The SMILES string of the molecule is CC/C=C/CC1(C(=O)OC)C(=O)CCc2nc(OC)ccc21. The summed E-state index contributed by atoms with van der Waals surface area (Å²) < 4.78 is 10.1. The zero-order valence-corrected chi connectivity index (χ0v) is 13.2. The van der Waals surface area contributed by atoms with Crippen LogP contribution >= 0.6 is 0 Å². The highest BCUT2D eigenvalue weighted by Gasteiger charge is 2.50.